The summed E-state index contributed by atoms with van der Waals surface area (Å²) in [5.74, 6) is 0.483. The quantitative estimate of drug-likeness (QED) is 0.884. The molecule has 1 heterocycles. The van der Waals surface area contributed by atoms with E-state index in [1.54, 1.807) is 6.07 Å². The molecule has 0 aliphatic carbocycles. The van der Waals surface area contributed by atoms with Gasteiger partial charge in [-0.25, -0.2) is 9.37 Å². The van der Waals surface area contributed by atoms with Gasteiger partial charge in [0.2, 0.25) is 5.16 Å². The van der Waals surface area contributed by atoms with E-state index in [1.165, 1.54) is 17.8 Å². The van der Waals surface area contributed by atoms with E-state index in [9.17, 15) is 4.39 Å². The van der Waals surface area contributed by atoms with Gasteiger partial charge in [0.05, 0.1) is 4.90 Å². The van der Waals surface area contributed by atoms with Crippen LogP contribution in [-0.2, 0) is 6.54 Å². The van der Waals surface area contributed by atoms with Crippen LogP contribution >= 0.6 is 11.8 Å². The normalized spacial score (nSPS) is 11.2. The number of rotatable bonds is 5. The lowest BCUT2D eigenvalue weighted by atomic mass is 10.2. The molecule has 2 rings (SSSR count). The lowest BCUT2D eigenvalue weighted by molar-refractivity contribution is 0.564. The molecule has 2 aromatic rings. The molecular formula is C13H17FN4S. The van der Waals surface area contributed by atoms with Gasteiger partial charge in [0.25, 0.3) is 0 Å². The Kier molecular flexibility index (Phi) is 4.55. The third-order valence-electron chi connectivity index (χ3n) is 2.52. The molecule has 1 aromatic carbocycles. The van der Waals surface area contributed by atoms with E-state index in [2.05, 4.69) is 34.3 Å². The van der Waals surface area contributed by atoms with Gasteiger partial charge in [-0.3, -0.25) is 5.10 Å². The van der Waals surface area contributed by atoms with Gasteiger partial charge in [0.1, 0.15) is 11.6 Å². The van der Waals surface area contributed by atoms with Crippen molar-refractivity contribution in [3.63, 3.8) is 0 Å². The minimum Gasteiger partial charge on any atom is -0.310 e. The third-order valence-corrected chi connectivity index (χ3v) is 3.55. The molecule has 0 fully saturated rings. The Morgan fingerprint density at radius 3 is 2.84 bits per heavy atom. The van der Waals surface area contributed by atoms with E-state index in [1.807, 2.05) is 13.0 Å². The highest BCUT2D eigenvalue weighted by atomic mass is 32.2. The Hall–Kier alpha value is -1.40. The zero-order valence-electron chi connectivity index (χ0n) is 11.2. The fourth-order valence-electron chi connectivity index (χ4n) is 1.58. The molecule has 102 valence electrons. The molecule has 0 unspecified atom stereocenters. The summed E-state index contributed by atoms with van der Waals surface area (Å²) >= 11 is 1.24. The van der Waals surface area contributed by atoms with Crippen LogP contribution in [0.3, 0.4) is 0 Å². The van der Waals surface area contributed by atoms with Gasteiger partial charge in [-0.2, -0.15) is 0 Å². The molecule has 2 N–H and O–H groups in total. The second-order valence-electron chi connectivity index (χ2n) is 4.57. The van der Waals surface area contributed by atoms with Gasteiger partial charge in [0, 0.05) is 12.6 Å². The van der Waals surface area contributed by atoms with Crippen LogP contribution in [0.2, 0.25) is 0 Å². The number of nitrogens with one attached hydrogen (secondary N) is 2. The molecule has 0 spiro atoms. The van der Waals surface area contributed by atoms with E-state index >= 15 is 0 Å². The number of aromatic nitrogens is 3. The summed E-state index contributed by atoms with van der Waals surface area (Å²) in [5, 5.41) is 10.6. The number of hydrogen-bond acceptors (Lipinski definition) is 4. The standard InChI is InChI=1S/C13H17FN4S/c1-8(2)15-7-10-5-4-6-11(14)12(10)19-13-16-9(3)17-18-13/h4-6,8,15H,7H2,1-3H3,(H,16,17,18). The average molecular weight is 280 g/mol. The van der Waals surface area contributed by atoms with Gasteiger partial charge >= 0.3 is 0 Å². The van der Waals surface area contributed by atoms with Crippen molar-refractivity contribution in [2.24, 2.45) is 0 Å². The summed E-state index contributed by atoms with van der Waals surface area (Å²) in [7, 11) is 0. The highest BCUT2D eigenvalue weighted by molar-refractivity contribution is 7.99. The molecule has 0 aliphatic heterocycles. The summed E-state index contributed by atoms with van der Waals surface area (Å²) in [5.41, 5.74) is 0.918. The van der Waals surface area contributed by atoms with Crippen molar-refractivity contribution < 1.29 is 4.39 Å². The molecule has 0 saturated heterocycles. The summed E-state index contributed by atoms with van der Waals surface area (Å²) < 4.78 is 14.0. The highest BCUT2D eigenvalue weighted by Gasteiger charge is 2.12. The zero-order valence-corrected chi connectivity index (χ0v) is 12.0. The summed E-state index contributed by atoms with van der Waals surface area (Å²) in [6, 6.07) is 5.45. The SMILES string of the molecule is Cc1nc(Sc2c(F)cccc2CNC(C)C)n[nH]1. The maximum Gasteiger partial charge on any atom is 0.213 e. The Morgan fingerprint density at radius 1 is 1.42 bits per heavy atom. The maximum atomic E-state index is 14.0. The largest absolute Gasteiger partial charge is 0.310 e. The lowest BCUT2D eigenvalue weighted by Crippen LogP contribution is -2.22. The number of benzene rings is 1. The Bertz CT molecular complexity index is 553. The lowest BCUT2D eigenvalue weighted by Gasteiger charge is -2.12. The van der Waals surface area contributed by atoms with E-state index in [4.69, 9.17) is 0 Å². The highest BCUT2D eigenvalue weighted by Crippen LogP contribution is 2.30. The molecule has 6 heteroatoms. The predicted molar refractivity (Wildman–Crippen MR) is 73.6 cm³/mol. The van der Waals surface area contributed by atoms with Gasteiger partial charge in [-0.05, 0) is 30.3 Å². The summed E-state index contributed by atoms with van der Waals surface area (Å²) in [4.78, 5) is 4.77. The monoisotopic (exact) mass is 280 g/mol. The van der Waals surface area contributed by atoms with Crippen molar-refractivity contribution in [3.05, 3.63) is 35.4 Å². The van der Waals surface area contributed by atoms with E-state index < -0.39 is 0 Å². The van der Waals surface area contributed by atoms with Crippen LogP contribution in [0, 0.1) is 12.7 Å². The molecule has 1 aromatic heterocycles. The van der Waals surface area contributed by atoms with Crippen molar-refractivity contribution in [1.29, 1.82) is 0 Å². The number of nitrogens with zero attached hydrogens (tertiary/aromatic N) is 2. The zero-order chi connectivity index (χ0) is 13.8. The first-order chi connectivity index (χ1) is 9.06. The van der Waals surface area contributed by atoms with Crippen molar-refractivity contribution in [1.82, 2.24) is 20.5 Å². The van der Waals surface area contributed by atoms with Crippen molar-refractivity contribution in [2.45, 2.75) is 43.4 Å². The smallest absolute Gasteiger partial charge is 0.213 e. The maximum absolute atomic E-state index is 14.0. The van der Waals surface area contributed by atoms with Gasteiger partial charge < -0.3 is 5.32 Å². The van der Waals surface area contributed by atoms with Crippen LogP contribution < -0.4 is 5.32 Å². The van der Waals surface area contributed by atoms with E-state index in [-0.39, 0.29) is 5.82 Å². The Morgan fingerprint density at radius 2 is 2.21 bits per heavy atom. The minimum atomic E-state index is -0.240. The van der Waals surface area contributed by atoms with Crippen LogP contribution in [0.15, 0.2) is 28.3 Å². The van der Waals surface area contributed by atoms with E-state index in [0.29, 0.717) is 22.6 Å². The molecule has 0 saturated carbocycles. The number of halogens is 1. The molecule has 19 heavy (non-hydrogen) atoms. The summed E-state index contributed by atoms with van der Waals surface area (Å²) in [6.45, 7) is 6.57. The second kappa shape index (κ2) is 6.16. The van der Waals surface area contributed by atoms with E-state index in [0.717, 1.165) is 11.4 Å². The number of aryl methyl sites for hydroxylation is 1. The van der Waals surface area contributed by atoms with Gasteiger partial charge in [0.15, 0.2) is 0 Å². The van der Waals surface area contributed by atoms with Crippen LogP contribution in [-0.4, -0.2) is 21.2 Å². The Labute approximate surface area is 116 Å². The molecule has 0 atom stereocenters. The average Bonchev–Trinajstić information content (AvgIpc) is 2.75. The van der Waals surface area contributed by atoms with Crippen LogP contribution in [0.5, 0.6) is 0 Å². The number of hydrogen-bond donors (Lipinski definition) is 2. The van der Waals surface area contributed by atoms with Crippen LogP contribution in [0.1, 0.15) is 25.2 Å². The fourth-order valence-corrected chi connectivity index (χ4v) is 2.47. The van der Waals surface area contributed by atoms with Crippen molar-refractivity contribution in [3.8, 4) is 0 Å². The second-order valence-corrected chi connectivity index (χ2v) is 5.55. The van der Waals surface area contributed by atoms with Gasteiger partial charge in [-0.15, -0.1) is 5.10 Å². The Balaban J connectivity index is 2.22. The predicted octanol–water partition coefficient (Wildman–Crippen LogP) is 2.90. The van der Waals surface area contributed by atoms with Crippen LogP contribution in [0.25, 0.3) is 0 Å². The molecule has 0 bridgehead atoms. The number of H-pyrrole nitrogens is 1. The van der Waals surface area contributed by atoms with Gasteiger partial charge in [-0.1, -0.05) is 26.0 Å². The molecule has 4 nitrogen and oxygen atoms in total. The molecule has 0 aliphatic rings. The first-order valence-corrected chi connectivity index (χ1v) is 6.95. The van der Waals surface area contributed by atoms with Crippen molar-refractivity contribution >= 4 is 11.8 Å². The molecule has 0 radical (unpaired) electrons. The first kappa shape index (κ1) is 14.0. The minimum absolute atomic E-state index is 0.240. The van der Waals surface area contributed by atoms with Crippen LogP contribution in [0.4, 0.5) is 4.39 Å². The van der Waals surface area contributed by atoms with Crippen molar-refractivity contribution in [2.75, 3.05) is 0 Å². The topological polar surface area (TPSA) is 53.6 Å². The molecule has 0 amide bonds. The third kappa shape index (κ3) is 3.78. The fraction of sp³-hybridized carbons (Fsp3) is 0.385. The molecular weight excluding hydrogens is 263 g/mol. The summed E-state index contributed by atoms with van der Waals surface area (Å²) in [6.07, 6.45) is 0. The first-order valence-electron chi connectivity index (χ1n) is 6.14. The number of aromatic amines is 1.